The zero-order valence-corrected chi connectivity index (χ0v) is 10.3. The summed E-state index contributed by atoms with van der Waals surface area (Å²) in [7, 11) is 0. The number of nitro groups is 1. The highest BCUT2D eigenvalue weighted by Crippen LogP contribution is 2.21. The molecule has 1 rings (SSSR count). The van der Waals surface area contributed by atoms with Gasteiger partial charge in [-0.25, -0.2) is 0 Å². The topological polar surface area (TPSA) is 107 Å². The van der Waals surface area contributed by atoms with Crippen LogP contribution in [0.15, 0.2) is 24.3 Å². The lowest BCUT2D eigenvalue weighted by Crippen LogP contribution is -2.32. The van der Waals surface area contributed by atoms with Gasteiger partial charge in [0.25, 0.3) is 5.69 Å². The van der Waals surface area contributed by atoms with Crippen LogP contribution in [0, 0.1) is 27.4 Å². The summed E-state index contributed by atoms with van der Waals surface area (Å²) in [5, 5.41) is 28.3. The van der Waals surface area contributed by atoms with E-state index in [9.17, 15) is 14.9 Å². The number of nitrogens with zero attached hydrogens (tertiary/aromatic N) is 3. The monoisotopic (exact) mass is 263 g/mol. The zero-order valence-electron chi connectivity index (χ0n) is 10.3. The van der Waals surface area contributed by atoms with Crippen molar-refractivity contribution in [2.75, 3.05) is 18.0 Å². The van der Waals surface area contributed by atoms with E-state index in [2.05, 4.69) is 0 Å². The van der Waals surface area contributed by atoms with Crippen LogP contribution in [0.3, 0.4) is 0 Å². The number of nitriles is 1. The molecule has 0 saturated heterocycles. The fraction of sp³-hybridized carbons (Fsp3) is 0.333. The molecule has 100 valence electrons. The van der Waals surface area contributed by atoms with Crippen molar-refractivity contribution >= 4 is 17.3 Å². The van der Waals surface area contributed by atoms with Crippen molar-refractivity contribution in [3.05, 3.63) is 34.4 Å². The lowest BCUT2D eigenvalue weighted by atomic mass is 10.1. The molecule has 7 nitrogen and oxygen atoms in total. The fourth-order valence-corrected chi connectivity index (χ4v) is 1.56. The maximum Gasteiger partial charge on any atom is 0.308 e. The molecule has 0 radical (unpaired) electrons. The largest absolute Gasteiger partial charge is 0.481 e. The van der Waals surface area contributed by atoms with E-state index >= 15 is 0 Å². The van der Waals surface area contributed by atoms with E-state index in [1.54, 1.807) is 6.07 Å². The van der Waals surface area contributed by atoms with E-state index in [-0.39, 0.29) is 18.8 Å². The smallest absolute Gasteiger partial charge is 0.308 e. The van der Waals surface area contributed by atoms with Gasteiger partial charge in [-0.3, -0.25) is 14.9 Å². The average molecular weight is 263 g/mol. The van der Waals surface area contributed by atoms with Crippen molar-refractivity contribution in [3.63, 3.8) is 0 Å². The molecular formula is C12H13N3O4. The van der Waals surface area contributed by atoms with Gasteiger partial charge in [0, 0.05) is 24.4 Å². The molecule has 1 aromatic rings. The van der Waals surface area contributed by atoms with Crippen LogP contribution >= 0.6 is 0 Å². The second-order valence-electron chi connectivity index (χ2n) is 4.05. The summed E-state index contributed by atoms with van der Waals surface area (Å²) in [4.78, 5) is 22.5. The zero-order chi connectivity index (χ0) is 14.4. The molecule has 0 spiro atoms. The third kappa shape index (κ3) is 3.96. The van der Waals surface area contributed by atoms with Gasteiger partial charge in [0.2, 0.25) is 0 Å². The van der Waals surface area contributed by atoms with Gasteiger partial charge in [0.1, 0.15) is 6.54 Å². The standard InChI is InChI=1S/C12H13N3O4/c1-9(12(16)17)8-14(6-5-13)10-3-2-4-11(7-10)15(18)19/h2-4,7,9H,6,8H2,1H3,(H,16,17). The molecule has 1 atom stereocenters. The maximum atomic E-state index is 10.8. The Labute approximate surface area is 109 Å². The Morgan fingerprint density at radius 3 is 2.84 bits per heavy atom. The fourth-order valence-electron chi connectivity index (χ4n) is 1.56. The van der Waals surface area contributed by atoms with Crippen molar-refractivity contribution in [1.29, 1.82) is 5.26 Å². The lowest BCUT2D eigenvalue weighted by Gasteiger charge is -2.23. The molecular weight excluding hydrogens is 250 g/mol. The highest BCUT2D eigenvalue weighted by molar-refractivity contribution is 5.70. The minimum absolute atomic E-state index is 0.0290. The van der Waals surface area contributed by atoms with Gasteiger partial charge >= 0.3 is 5.97 Å². The number of non-ortho nitro benzene ring substituents is 1. The Bertz CT molecular complexity index is 524. The second-order valence-corrected chi connectivity index (χ2v) is 4.05. The Morgan fingerprint density at radius 2 is 2.32 bits per heavy atom. The Balaban J connectivity index is 2.99. The molecule has 1 aromatic carbocycles. The number of hydrogen-bond donors (Lipinski definition) is 1. The van der Waals surface area contributed by atoms with Crippen LogP contribution in [-0.2, 0) is 4.79 Å². The van der Waals surface area contributed by atoms with Crippen LogP contribution in [0.25, 0.3) is 0 Å². The number of carboxylic acids is 1. The van der Waals surface area contributed by atoms with E-state index in [0.717, 1.165) is 0 Å². The first-order valence-corrected chi connectivity index (χ1v) is 5.55. The molecule has 0 saturated carbocycles. The quantitative estimate of drug-likeness (QED) is 0.475. The summed E-state index contributed by atoms with van der Waals surface area (Å²) in [6.45, 7) is 1.60. The van der Waals surface area contributed by atoms with Gasteiger partial charge in [0.15, 0.2) is 0 Å². The summed E-state index contributed by atoms with van der Waals surface area (Å²) in [5.74, 6) is -1.65. The van der Waals surface area contributed by atoms with Crippen LogP contribution in [0.1, 0.15) is 6.92 Å². The summed E-state index contributed by atoms with van der Waals surface area (Å²) >= 11 is 0. The van der Waals surface area contributed by atoms with E-state index in [4.69, 9.17) is 10.4 Å². The molecule has 0 amide bonds. The van der Waals surface area contributed by atoms with Gasteiger partial charge in [0.05, 0.1) is 16.9 Å². The number of benzene rings is 1. The van der Waals surface area contributed by atoms with Gasteiger partial charge < -0.3 is 10.0 Å². The lowest BCUT2D eigenvalue weighted by molar-refractivity contribution is -0.384. The van der Waals surface area contributed by atoms with E-state index in [1.807, 2.05) is 6.07 Å². The number of anilines is 1. The minimum atomic E-state index is -0.978. The highest BCUT2D eigenvalue weighted by atomic mass is 16.6. The van der Waals surface area contributed by atoms with E-state index in [1.165, 1.54) is 30.0 Å². The molecule has 0 fully saturated rings. The number of carbonyl (C=O) groups is 1. The third-order valence-corrected chi connectivity index (χ3v) is 2.58. The van der Waals surface area contributed by atoms with Gasteiger partial charge in [-0.05, 0) is 6.07 Å². The highest BCUT2D eigenvalue weighted by Gasteiger charge is 2.18. The Hall–Kier alpha value is -2.62. The summed E-state index contributed by atoms with van der Waals surface area (Å²) in [6, 6.07) is 7.70. The number of nitro benzene ring substituents is 1. The van der Waals surface area contributed by atoms with Crippen LogP contribution in [0.2, 0.25) is 0 Å². The molecule has 7 heteroatoms. The van der Waals surface area contributed by atoms with Gasteiger partial charge in [-0.15, -0.1) is 0 Å². The molecule has 0 aliphatic heterocycles. The molecule has 1 N–H and O–H groups in total. The van der Waals surface area contributed by atoms with E-state index < -0.39 is 16.8 Å². The summed E-state index contributed by atoms with van der Waals surface area (Å²) in [6.07, 6.45) is 0. The predicted molar refractivity (Wildman–Crippen MR) is 67.7 cm³/mol. The number of aliphatic carboxylic acids is 1. The number of carboxylic acid groups (broad SMARTS) is 1. The maximum absolute atomic E-state index is 10.8. The van der Waals surface area contributed by atoms with Crippen molar-refractivity contribution in [2.45, 2.75) is 6.92 Å². The van der Waals surface area contributed by atoms with Crippen molar-refractivity contribution < 1.29 is 14.8 Å². The van der Waals surface area contributed by atoms with Crippen molar-refractivity contribution in [3.8, 4) is 6.07 Å². The van der Waals surface area contributed by atoms with Crippen LogP contribution in [0.5, 0.6) is 0 Å². The predicted octanol–water partition coefficient (Wildman–Crippen LogP) is 1.65. The molecule has 19 heavy (non-hydrogen) atoms. The van der Waals surface area contributed by atoms with Gasteiger partial charge in [-0.2, -0.15) is 5.26 Å². The van der Waals surface area contributed by atoms with Crippen LogP contribution in [0.4, 0.5) is 11.4 Å². The molecule has 0 aliphatic rings. The van der Waals surface area contributed by atoms with Gasteiger partial charge in [-0.1, -0.05) is 13.0 Å². The Morgan fingerprint density at radius 1 is 1.63 bits per heavy atom. The number of hydrogen-bond acceptors (Lipinski definition) is 5. The molecule has 1 unspecified atom stereocenters. The normalized spacial score (nSPS) is 11.4. The molecule has 0 aromatic heterocycles. The number of rotatable bonds is 6. The van der Waals surface area contributed by atoms with Crippen LogP contribution in [-0.4, -0.2) is 29.1 Å². The molecule has 0 aliphatic carbocycles. The third-order valence-electron chi connectivity index (χ3n) is 2.58. The first-order chi connectivity index (χ1) is 8.95. The first kappa shape index (κ1) is 14.4. The summed E-state index contributed by atoms with van der Waals surface area (Å²) < 4.78 is 0. The minimum Gasteiger partial charge on any atom is -0.481 e. The SMILES string of the molecule is CC(CN(CC#N)c1cccc([N+](=O)[O-])c1)C(=O)O. The van der Waals surface area contributed by atoms with Crippen molar-refractivity contribution in [2.24, 2.45) is 5.92 Å². The molecule has 0 bridgehead atoms. The molecule has 0 heterocycles. The Kier molecular flexibility index (Phi) is 4.83. The van der Waals surface area contributed by atoms with Crippen LogP contribution < -0.4 is 4.90 Å². The first-order valence-electron chi connectivity index (χ1n) is 5.55. The average Bonchev–Trinajstić information content (AvgIpc) is 2.38. The second kappa shape index (κ2) is 6.35. The van der Waals surface area contributed by atoms with Crippen molar-refractivity contribution in [1.82, 2.24) is 0 Å². The summed E-state index contributed by atoms with van der Waals surface area (Å²) in [5.41, 5.74) is 0.368. The van der Waals surface area contributed by atoms with E-state index in [0.29, 0.717) is 5.69 Å².